The molecule has 0 aliphatic heterocycles. The Morgan fingerprint density at radius 2 is 2.17 bits per heavy atom. The molecule has 2 aromatic rings. The number of rotatable bonds is 6. The molecule has 122 valence electrons. The van der Waals surface area contributed by atoms with Crippen molar-refractivity contribution in [1.29, 1.82) is 0 Å². The van der Waals surface area contributed by atoms with Gasteiger partial charge in [0.1, 0.15) is 10.7 Å². The Bertz CT molecular complexity index is 845. The molecule has 1 aromatic carbocycles. The van der Waals surface area contributed by atoms with Crippen molar-refractivity contribution in [2.24, 2.45) is 7.05 Å². The molecule has 23 heavy (non-hydrogen) atoms. The number of nitrogens with zero attached hydrogens (tertiary/aromatic N) is 2. The van der Waals surface area contributed by atoms with Gasteiger partial charge in [-0.3, -0.25) is 9.48 Å². The molecule has 7 nitrogen and oxygen atoms in total. The van der Waals surface area contributed by atoms with Crippen LogP contribution in [-0.2, 0) is 17.1 Å². The summed E-state index contributed by atoms with van der Waals surface area (Å²) in [5.74, 6) is -1.24. The van der Waals surface area contributed by atoms with Crippen LogP contribution in [0.15, 0.2) is 48.0 Å². The molecule has 2 N–H and O–H groups in total. The van der Waals surface area contributed by atoms with Gasteiger partial charge < -0.3 is 5.32 Å². The smallest absolute Gasteiger partial charge is 0.256 e. The van der Waals surface area contributed by atoms with Crippen LogP contribution in [0.25, 0.3) is 0 Å². The molecule has 0 unspecified atom stereocenters. The van der Waals surface area contributed by atoms with Gasteiger partial charge in [0.2, 0.25) is 10.0 Å². The van der Waals surface area contributed by atoms with Gasteiger partial charge in [0.25, 0.3) is 5.91 Å². The number of aryl methyl sites for hydroxylation is 1. The summed E-state index contributed by atoms with van der Waals surface area (Å²) in [6, 6.07) is 4.67. The topological polar surface area (TPSA) is 93.1 Å². The maximum absolute atomic E-state index is 13.8. The van der Waals surface area contributed by atoms with Gasteiger partial charge in [0, 0.05) is 31.4 Å². The number of aromatic nitrogens is 2. The number of nitrogens with one attached hydrogen (secondary N) is 2. The first-order valence-electron chi connectivity index (χ1n) is 6.54. The third-order valence-electron chi connectivity index (χ3n) is 2.86. The minimum atomic E-state index is -4.07. The van der Waals surface area contributed by atoms with Crippen LogP contribution in [0.4, 0.5) is 10.2 Å². The molecule has 0 radical (unpaired) electrons. The van der Waals surface area contributed by atoms with Crippen molar-refractivity contribution in [3.8, 4) is 0 Å². The third-order valence-corrected chi connectivity index (χ3v) is 4.29. The number of amides is 1. The van der Waals surface area contributed by atoms with Crippen LogP contribution in [-0.4, -0.2) is 30.7 Å². The van der Waals surface area contributed by atoms with Crippen LogP contribution in [0.3, 0.4) is 0 Å². The fourth-order valence-corrected chi connectivity index (χ4v) is 2.87. The van der Waals surface area contributed by atoms with Gasteiger partial charge in [-0.1, -0.05) is 6.08 Å². The lowest BCUT2D eigenvalue weighted by Gasteiger charge is -2.08. The quantitative estimate of drug-likeness (QED) is 0.776. The molecule has 0 saturated carbocycles. The second kappa shape index (κ2) is 6.71. The highest BCUT2D eigenvalue weighted by atomic mass is 32.2. The molecular weight excluding hydrogens is 323 g/mol. The summed E-state index contributed by atoms with van der Waals surface area (Å²) in [5, 5.41) is 6.47. The van der Waals surface area contributed by atoms with Gasteiger partial charge in [-0.15, -0.1) is 6.58 Å². The first-order valence-corrected chi connectivity index (χ1v) is 8.03. The number of carbonyl (C=O) groups is 1. The van der Waals surface area contributed by atoms with Gasteiger partial charge in [0.05, 0.1) is 0 Å². The van der Waals surface area contributed by atoms with Crippen molar-refractivity contribution >= 4 is 21.7 Å². The predicted molar refractivity (Wildman–Crippen MR) is 82.9 cm³/mol. The molecule has 0 aliphatic rings. The van der Waals surface area contributed by atoms with E-state index in [1.807, 2.05) is 0 Å². The monoisotopic (exact) mass is 338 g/mol. The minimum Gasteiger partial charge on any atom is -0.305 e. The van der Waals surface area contributed by atoms with E-state index in [9.17, 15) is 17.6 Å². The largest absolute Gasteiger partial charge is 0.305 e. The molecule has 0 atom stereocenters. The summed E-state index contributed by atoms with van der Waals surface area (Å²) in [6.07, 6.45) is 2.96. The number of hydrogen-bond donors (Lipinski definition) is 2. The molecular formula is C14H15FN4O3S. The van der Waals surface area contributed by atoms with Gasteiger partial charge in [0.15, 0.2) is 5.82 Å². The maximum Gasteiger partial charge on any atom is 0.256 e. The van der Waals surface area contributed by atoms with Crippen LogP contribution in [0, 0.1) is 5.82 Å². The van der Waals surface area contributed by atoms with Crippen molar-refractivity contribution in [2.75, 3.05) is 11.9 Å². The van der Waals surface area contributed by atoms with Crippen molar-refractivity contribution in [2.45, 2.75) is 4.90 Å². The van der Waals surface area contributed by atoms with E-state index in [-0.39, 0.29) is 12.1 Å². The van der Waals surface area contributed by atoms with Crippen molar-refractivity contribution in [3.63, 3.8) is 0 Å². The van der Waals surface area contributed by atoms with Crippen molar-refractivity contribution in [3.05, 3.63) is 54.5 Å². The first-order chi connectivity index (χ1) is 10.8. The Balaban J connectivity index is 2.29. The second-order valence-corrected chi connectivity index (χ2v) is 6.35. The lowest BCUT2D eigenvalue weighted by molar-refractivity contribution is 0.102. The number of sulfonamides is 1. The fourth-order valence-electron chi connectivity index (χ4n) is 1.77. The number of benzene rings is 1. The number of halogens is 1. The van der Waals surface area contributed by atoms with E-state index in [2.05, 4.69) is 21.7 Å². The van der Waals surface area contributed by atoms with E-state index in [4.69, 9.17) is 0 Å². The fraction of sp³-hybridized carbons (Fsp3) is 0.143. The van der Waals surface area contributed by atoms with Crippen LogP contribution < -0.4 is 10.0 Å². The van der Waals surface area contributed by atoms with E-state index in [0.717, 1.165) is 12.1 Å². The minimum absolute atomic E-state index is 0.00367. The standard InChI is InChI=1S/C14H15FN4O3S/c1-3-7-16-23(21,22)12-9-10(4-5-11(12)15)14(20)17-13-6-8-19(2)18-13/h3-6,8-9,16H,1,7H2,2H3,(H,17,18,20). The summed E-state index contributed by atoms with van der Waals surface area (Å²) in [5.41, 5.74) is -0.00367. The Kier molecular flexibility index (Phi) is 4.92. The van der Waals surface area contributed by atoms with Crippen molar-refractivity contribution in [1.82, 2.24) is 14.5 Å². The molecule has 9 heteroatoms. The van der Waals surface area contributed by atoms with E-state index in [1.54, 1.807) is 19.3 Å². The van der Waals surface area contributed by atoms with Gasteiger partial charge in [-0.2, -0.15) is 5.10 Å². The van der Waals surface area contributed by atoms with Gasteiger partial charge in [-0.25, -0.2) is 17.5 Å². The number of anilines is 1. The summed E-state index contributed by atoms with van der Waals surface area (Å²) in [6.45, 7) is 3.33. The number of carbonyl (C=O) groups excluding carboxylic acids is 1. The van der Waals surface area contributed by atoms with Crippen LogP contribution in [0.5, 0.6) is 0 Å². The average Bonchev–Trinajstić information content (AvgIpc) is 2.90. The molecule has 0 saturated heterocycles. The molecule has 0 aliphatic carbocycles. The zero-order valence-electron chi connectivity index (χ0n) is 12.3. The average molecular weight is 338 g/mol. The van der Waals surface area contributed by atoms with E-state index >= 15 is 0 Å². The molecule has 0 spiro atoms. The third kappa shape index (κ3) is 4.02. The Morgan fingerprint density at radius 1 is 1.43 bits per heavy atom. The molecule has 1 heterocycles. The van der Waals surface area contributed by atoms with E-state index < -0.39 is 26.6 Å². The van der Waals surface area contributed by atoms with Crippen LogP contribution in [0.2, 0.25) is 0 Å². The highest BCUT2D eigenvalue weighted by molar-refractivity contribution is 7.89. The molecule has 1 aromatic heterocycles. The van der Waals surface area contributed by atoms with Gasteiger partial charge in [-0.05, 0) is 18.2 Å². The van der Waals surface area contributed by atoms with Crippen LogP contribution in [0.1, 0.15) is 10.4 Å². The highest BCUT2D eigenvalue weighted by Crippen LogP contribution is 2.17. The van der Waals surface area contributed by atoms with Crippen LogP contribution >= 0.6 is 0 Å². The SMILES string of the molecule is C=CCNS(=O)(=O)c1cc(C(=O)Nc2ccn(C)n2)ccc1F. The number of hydrogen-bond acceptors (Lipinski definition) is 4. The molecule has 0 fully saturated rings. The molecule has 0 bridgehead atoms. The summed E-state index contributed by atoms with van der Waals surface area (Å²) in [7, 11) is -2.39. The summed E-state index contributed by atoms with van der Waals surface area (Å²) in [4.78, 5) is 11.5. The molecule has 2 rings (SSSR count). The first kappa shape index (κ1) is 16.8. The zero-order chi connectivity index (χ0) is 17.0. The Hall–Kier alpha value is -2.52. The molecule has 1 amide bonds. The summed E-state index contributed by atoms with van der Waals surface area (Å²) >= 11 is 0. The lowest BCUT2D eigenvalue weighted by atomic mass is 10.2. The normalized spacial score (nSPS) is 11.2. The predicted octanol–water partition coefficient (Wildman–Crippen LogP) is 1.28. The van der Waals surface area contributed by atoms with Crippen molar-refractivity contribution < 1.29 is 17.6 Å². The van der Waals surface area contributed by atoms with E-state index in [0.29, 0.717) is 5.82 Å². The second-order valence-electron chi connectivity index (χ2n) is 4.61. The Morgan fingerprint density at radius 3 is 2.78 bits per heavy atom. The zero-order valence-corrected chi connectivity index (χ0v) is 13.1. The van der Waals surface area contributed by atoms with Gasteiger partial charge >= 0.3 is 0 Å². The Labute approximate surface area is 132 Å². The maximum atomic E-state index is 13.8. The summed E-state index contributed by atoms with van der Waals surface area (Å²) < 4.78 is 41.4. The van der Waals surface area contributed by atoms with E-state index in [1.165, 1.54) is 16.8 Å². The lowest BCUT2D eigenvalue weighted by Crippen LogP contribution is -2.25. The highest BCUT2D eigenvalue weighted by Gasteiger charge is 2.20.